The predicted molar refractivity (Wildman–Crippen MR) is 106 cm³/mol. The van der Waals surface area contributed by atoms with E-state index in [0.29, 0.717) is 17.9 Å². The molecule has 8 heteroatoms. The summed E-state index contributed by atoms with van der Waals surface area (Å²) in [5, 5.41) is 13.8. The van der Waals surface area contributed by atoms with Crippen molar-refractivity contribution in [2.75, 3.05) is 22.1 Å². The molecular weight excluding hydrogens is 364 g/mol. The van der Waals surface area contributed by atoms with Crippen LogP contribution in [-0.2, 0) is 15.3 Å². The average Bonchev–Trinajstić information content (AvgIpc) is 2.93. The van der Waals surface area contributed by atoms with Gasteiger partial charge in [0, 0.05) is 11.7 Å². The minimum absolute atomic E-state index is 0.0511. The van der Waals surface area contributed by atoms with E-state index in [9.17, 15) is 13.2 Å². The monoisotopic (exact) mass is 388 g/mol. The molecule has 2 heterocycles. The SMILES string of the molecule is CC(C)(C)c1ccc(NC(=O)c2ccc(NC3CCS(=O)(=O)C3)nn2)cc1. The molecule has 0 spiro atoms. The lowest BCUT2D eigenvalue weighted by Crippen LogP contribution is -2.22. The van der Waals surface area contributed by atoms with Crippen LogP contribution in [0.1, 0.15) is 43.2 Å². The normalized spacial score (nSPS) is 18.9. The van der Waals surface area contributed by atoms with Gasteiger partial charge in [0.15, 0.2) is 15.5 Å². The highest BCUT2D eigenvalue weighted by atomic mass is 32.2. The summed E-state index contributed by atoms with van der Waals surface area (Å²) in [6, 6.07) is 10.7. The average molecular weight is 388 g/mol. The van der Waals surface area contributed by atoms with Crippen LogP contribution in [0.2, 0.25) is 0 Å². The van der Waals surface area contributed by atoms with Gasteiger partial charge in [0.2, 0.25) is 0 Å². The quantitative estimate of drug-likeness (QED) is 0.835. The van der Waals surface area contributed by atoms with E-state index in [-0.39, 0.29) is 34.6 Å². The fourth-order valence-electron chi connectivity index (χ4n) is 2.90. The lowest BCUT2D eigenvalue weighted by Gasteiger charge is -2.19. The Hall–Kier alpha value is -2.48. The third kappa shape index (κ3) is 5.03. The van der Waals surface area contributed by atoms with Gasteiger partial charge in [-0.3, -0.25) is 4.79 Å². The van der Waals surface area contributed by atoms with Gasteiger partial charge in [-0.15, -0.1) is 10.2 Å². The molecule has 27 heavy (non-hydrogen) atoms. The van der Waals surface area contributed by atoms with Gasteiger partial charge in [0.1, 0.15) is 5.82 Å². The van der Waals surface area contributed by atoms with Crippen molar-refractivity contribution in [1.29, 1.82) is 0 Å². The molecule has 1 saturated heterocycles. The minimum atomic E-state index is -2.96. The molecule has 1 aliphatic rings. The van der Waals surface area contributed by atoms with E-state index in [1.54, 1.807) is 12.1 Å². The Morgan fingerprint density at radius 2 is 1.78 bits per heavy atom. The summed E-state index contributed by atoms with van der Waals surface area (Å²) in [5.41, 5.74) is 2.12. The van der Waals surface area contributed by atoms with E-state index in [2.05, 4.69) is 41.6 Å². The summed E-state index contributed by atoms with van der Waals surface area (Å²) in [5.74, 6) is 0.401. The van der Waals surface area contributed by atoms with E-state index in [4.69, 9.17) is 0 Å². The molecule has 1 atom stereocenters. The molecule has 0 saturated carbocycles. The molecule has 1 unspecified atom stereocenters. The van der Waals surface area contributed by atoms with Crippen molar-refractivity contribution in [3.05, 3.63) is 47.7 Å². The van der Waals surface area contributed by atoms with Gasteiger partial charge >= 0.3 is 0 Å². The van der Waals surface area contributed by atoms with Crippen molar-refractivity contribution in [2.24, 2.45) is 0 Å². The summed E-state index contributed by atoms with van der Waals surface area (Å²) in [4.78, 5) is 12.3. The molecule has 3 rings (SSSR count). The molecule has 0 aliphatic carbocycles. The second-order valence-corrected chi connectivity index (χ2v) is 10.1. The lowest BCUT2D eigenvalue weighted by molar-refractivity contribution is 0.102. The number of amides is 1. The first kappa shape index (κ1) is 19.3. The Labute approximate surface area is 159 Å². The van der Waals surface area contributed by atoms with E-state index in [1.165, 1.54) is 5.56 Å². The Bertz CT molecular complexity index is 917. The fraction of sp³-hybridized carbons (Fsp3) is 0.421. The number of aromatic nitrogens is 2. The van der Waals surface area contributed by atoms with Crippen molar-refractivity contribution in [3.63, 3.8) is 0 Å². The minimum Gasteiger partial charge on any atom is -0.365 e. The number of sulfone groups is 1. The number of nitrogens with zero attached hydrogens (tertiary/aromatic N) is 2. The largest absolute Gasteiger partial charge is 0.365 e. The first-order valence-electron chi connectivity index (χ1n) is 8.85. The number of nitrogens with one attached hydrogen (secondary N) is 2. The van der Waals surface area contributed by atoms with Gasteiger partial charge in [0.05, 0.1) is 11.5 Å². The maximum atomic E-state index is 12.3. The third-order valence-corrected chi connectivity index (χ3v) is 6.26. The van der Waals surface area contributed by atoms with Gasteiger partial charge in [-0.25, -0.2) is 8.42 Å². The molecular formula is C19H24N4O3S. The highest BCUT2D eigenvalue weighted by Gasteiger charge is 2.28. The molecule has 7 nitrogen and oxygen atoms in total. The summed E-state index contributed by atoms with van der Waals surface area (Å²) < 4.78 is 23.0. The molecule has 1 amide bonds. The molecule has 2 aromatic rings. The van der Waals surface area contributed by atoms with Crippen LogP contribution in [0.25, 0.3) is 0 Å². The highest BCUT2D eigenvalue weighted by Crippen LogP contribution is 2.23. The molecule has 144 valence electrons. The summed E-state index contributed by atoms with van der Waals surface area (Å²) in [6.45, 7) is 6.40. The molecule has 1 aromatic heterocycles. The molecule has 0 bridgehead atoms. The molecule has 0 radical (unpaired) electrons. The number of rotatable bonds is 4. The zero-order valence-corrected chi connectivity index (χ0v) is 16.5. The zero-order valence-electron chi connectivity index (χ0n) is 15.7. The lowest BCUT2D eigenvalue weighted by atomic mass is 9.87. The maximum absolute atomic E-state index is 12.3. The van der Waals surface area contributed by atoms with E-state index in [1.807, 2.05) is 24.3 Å². The molecule has 1 aromatic carbocycles. The van der Waals surface area contributed by atoms with Crippen LogP contribution < -0.4 is 10.6 Å². The zero-order chi connectivity index (χ0) is 19.7. The third-order valence-electron chi connectivity index (χ3n) is 4.49. The Morgan fingerprint density at radius 3 is 2.30 bits per heavy atom. The van der Waals surface area contributed by atoms with Crippen molar-refractivity contribution >= 4 is 27.2 Å². The topological polar surface area (TPSA) is 101 Å². The number of carbonyl (C=O) groups excluding carboxylic acids is 1. The fourth-order valence-corrected chi connectivity index (χ4v) is 4.57. The molecule has 1 fully saturated rings. The number of carbonyl (C=O) groups is 1. The van der Waals surface area contributed by atoms with Crippen molar-refractivity contribution in [1.82, 2.24) is 10.2 Å². The Kier molecular flexibility index (Phi) is 5.19. The number of benzene rings is 1. The van der Waals surface area contributed by atoms with Crippen LogP contribution in [0.3, 0.4) is 0 Å². The summed E-state index contributed by atoms with van der Waals surface area (Å²) >= 11 is 0. The van der Waals surface area contributed by atoms with Gasteiger partial charge < -0.3 is 10.6 Å². The smallest absolute Gasteiger partial charge is 0.276 e. The van der Waals surface area contributed by atoms with Gasteiger partial charge in [-0.2, -0.15) is 0 Å². The Balaban J connectivity index is 1.60. The van der Waals surface area contributed by atoms with E-state index < -0.39 is 9.84 Å². The molecule has 2 N–H and O–H groups in total. The second kappa shape index (κ2) is 7.26. The van der Waals surface area contributed by atoms with Crippen LogP contribution >= 0.6 is 0 Å². The predicted octanol–water partition coefficient (Wildman–Crippen LogP) is 2.63. The van der Waals surface area contributed by atoms with Crippen LogP contribution in [0, 0.1) is 0 Å². The van der Waals surface area contributed by atoms with Crippen LogP contribution in [0.5, 0.6) is 0 Å². The van der Waals surface area contributed by atoms with Gasteiger partial charge in [-0.1, -0.05) is 32.9 Å². The van der Waals surface area contributed by atoms with Gasteiger partial charge in [0.25, 0.3) is 5.91 Å². The first-order chi connectivity index (χ1) is 12.6. The second-order valence-electron chi connectivity index (χ2n) is 7.83. The van der Waals surface area contributed by atoms with Crippen molar-refractivity contribution in [3.8, 4) is 0 Å². The van der Waals surface area contributed by atoms with E-state index in [0.717, 1.165) is 0 Å². The van der Waals surface area contributed by atoms with Crippen LogP contribution in [-0.4, -0.2) is 42.1 Å². The number of hydrogen-bond donors (Lipinski definition) is 2. The number of hydrogen-bond acceptors (Lipinski definition) is 6. The maximum Gasteiger partial charge on any atom is 0.276 e. The van der Waals surface area contributed by atoms with Crippen LogP contribution in [0.15, 0.2) is 36.4 Å². The van der Waals surface area contributed by atoms with Crippen LogP contribution in [0.4, 0.5) is 11.5 Å². The summed E-state index contributed by atoms with van der Waals surface area (Å²) in [7, 11) is -2.96. The number of anilines is 2. The standard InChI is InChI=1S/C19H24N4O3S/c1-19(2,3)13-4-6-14(7-5-13)21-18(24)16-8-9-17(23-22-16)20-15-10-11-27(25,26)12-15/h4-9,15H,10-12H2,1-3H3,(H,20,23)(H,21,24). The first-order valence-corrected chi connectivity index (χ1v) is 10.7. The molecule has 1 aliphatic heterocycles. The van der Waals surface area contributed by atoms with Crippen molar-refractivity contribution < 1.29 is 13.2 Å². The van der Waals surface area contributed by atoms with Gasteiger partial charge in [-0.05, 0) is 41.7 Å². The van der Waals surface area contributed by atoms with E-state index >= 15 is 0 Å². The highest BCUT2D eigenvalue weighted by molar-refractivity contribution is 7.91. The van der Waals surface area contributed by atoms with Crippen molar-refractivity contribution in [2.45, 2.75) is 38.6 Å². The summed E-state index contributed by atoms with van der Waals surface area (Å²) in [6.07, 6.45) is 0.552. The Morgan fingerprint density at radius 1 is 1.07 bits per heavy atom.